The summed E-state index contributed by atoms with van der Waals surface area (Å²) in [4.78, 5) is 4.07. The second-order valence-electron chi connectivity index (χ2n) is 6.86. The summed E-state index contributed by atoms with van der Waals surface area (Å²) < 4.78 is 24.7. The number of benzene rings is 2. The number of thiocarbonyl (C=S) groups is 1. The van der Waals surface area contributed by atoms with Gasteiger partial charge in [-0.2, -0.15) is 0 Å². The molecule has 0 spiro atoms. The zero-order valence-corrected chi connectivity index (χ0v) is 15.8. The number of nitrogens with zero attached hydrogens (tertiary/aromatic N) is 2. The lowest BCUT2D eigenvalue weighted by Gasteiger charge is -2.27. The fourth-order valence-corrected chi connectivity index (χ4v) is 6.35. The van der Waals surface area contributed by atoms with Gasteiger partial charge in [-0.3, -0.25) is 0 Å². The van der Waals surface area contributed by atoms with E-state index in [1.807, 2.05) is 46.2 Å². The van der Waals surface area contributed by atoms with Gasteiger partial charge >= 0.3 is 0 Å². The molecule has 0 aliphatic carbocycles. The molecule has 2 aromatic rings. The van der Waals surface area contributed by atoms with Crippen molar-refractivity contribution in [1.82, 2.24) is 0 Å². The molecule has 0 unspecified atom stereocenters. The summed E-state index contributed by atoms with van der Waals surface area (Å²) in [6.07, 6.45) is 0. The molecule has 2 heterocycles. The minimum Gasteiger partial charge on any atom is -0.312 e. The molecule has 0 saturated carbocycles. The molecule has 2 aromatic carbocycles. The van der Waals surface area contributed by atoms with Crippen LogP contribution in [0.3, 0.4) is 0 Å². The first-order valence-corrected chi connectivity index (χ1v) is 10.6. The lowest BCUT2D eigenvalue weighted by Crippen LogP contribution is -2.38. The van der Waals surface area contributed by atoms with Crippen molar-refractivity contribution in [2.45, 2.75) is 25.9 Å². The molecule has 0 bridgehead atoms. The van der Waals surface area contributed by atoms with Crippen molar-refractivity contribution in [3.63, 3.8) is 0 Å². The van der Waals surface area contributed by atoms with Gasteiger partial charge in [0, 0.05) is 11.4 Å². The van der Waals surface area contributed by atoms with Crippen molar-refractivity contribution in [3.05, 3.63) is 59.7 Å². The van der Waals surface area contributed by atoms with E-state index in [0.717, 1.165) is 16.9 Å². The summed E-state index contributed by atoms with van der Waals surface area (Å²) in [5.74, 6) is 0.294. The van der Waals surface area contributed by atoms with E-state index >= 15 is 0 Å². The molecule has 2 aliphatic rings. The standard InChI is InChI=1S/C19H20N2O2S2/c1-13-8-9-16(14(2)10-13)21-18-12-25(22,23)11-17(18)20(19(21)24)15-6-4-3-5-7-15/h3-10,17-18H,11-12H2,1-2H3/t17-,18+/m1/s1. The number of sulfone groups is 1. The van der Waals surface area contributed by atoms with Crippen LogP contribution in [0.15, 0.2) is 48.5 Å². The topological polar surface area (TPSA) is 40.6 Å². The Morgan fingerprint density at radius 3 is 2.24 bits per heavy atom. The van der Waals surface area contributed by atoms with Crippen molar-refractivity contribution in [2.24, 2.45) is 0 Å². The molecule has 0 radical (unpaired) electrons. The fourth-order valence-electron chi connectivity index (χ4n) is 3.95. The zero-order valence-electron chi connectivity index (χ0n) is 14.2. The number of para-hydroxylation sites is 1. The molecule has 4 rings (SSSR count). The van der Waals surface area contributed by atoms with Crippen LogP contribution in [-0.2, 0) is 9.84 Å². The molecule has 2 saturated heterocycles. The molecule has 0 aromatic heterocycles. The SMILES string of the molecule is Cc1ccc(N2C(=S)N(c3ccccc3)[C@@H]3CS(=O)(=O)C[C@@H]32)c(C)c1. The number of aryl methyl sites for hydroxylation is 2. The Hall–Kier alpha value is -1.92. The molecule has 4 nitrogen and oxygen atoms in total. The van der Waals surface area contributed by atoms with E-state index in [-0.39, 0.29) is 23.6 Å². The van der Waals surface area contributed by atoms with Crippen LogP contribution in [0.4, 0.5) is 11.4 Å². The van der Waals surface area contributed by atoms with Crippen LogP contribution in [0.5, 0.6) is 0 Å². The fraction of sp³-hybridized carbons (Fsp3) is 0.316. The molecule has 6 heteroatoms. The Balaban J connectivity index is 1.83. The second kappa shape index (κ2) is 5.81. The first-order valence-electron chi connectivity index (χ1n) is 8.32. The Morgan fingerprint density at radius 1 is 0.960 bits per heavy atom. The highest BCUT2D eigenvalue weighted by Gasteiger charge is 2.52. The number of anilines is 2. The lowest BCUT2D eigenvalue weighted by atomic mass is 10.1. The minimum atomic E-state index is -3.07. The molecular formula is C19H20N2O2S2. The summed E-state index contributed by atoms with van der Waals surface area (Å²) in [5.41, 5.74) is 4.25. The van der Waals surface area contributed by atoms with Crippen molar-refractivity contribution in [1.29, 1.82) is 0 Å². The summed E-state index contributed by atoms with van der Waals surface area (Å²) in [7, 11) is -3.07. The van der Waals surface area contributed by atoms with E-state index in [0.29, 0.717) is 5.11 Å². The van der Waals surface area contributed by atoms with Crippen LogP contribution < -0.4 is 9.80 Å². The number of fused-ring (bicyclic) bond motifs is 1. The van der Waals surface area contributed by atoms with Gasteiger partial charge in [0.25, 0.3) is 0 Å². The van der Waals surface area contributed by atoms with Crippen LogP contribution in [-0.4, -0.2) is 37.1 Å². The van der Waals surface area contributed by atoms with Gasteiger partial charge in [0.1, 0.15) is 0 Å². The Labute approximate surface area is 154 Å². The maximum Gasteiger partial charge on any atom is 0.181 e. The van der Waals surface area contributed by atoms with Crippen LogP contribution in [0.25, 0.3) is 0 Å². The van der Waals surface area contributed by atoms with E-state index < -0.39 is 9.84 Å². The van der Waals surface area contributed by atoms with Gasteiger partial charge in [-0.1, -0.05) is 35.9 Å². The molecule has 2 aliphatic heterocycles. The second-order valence-corrected chi connectivity index (χ2v) is 9.38. The van der Waals surface area contributed by atoms with E-state index in [1.165, 1.54) is 5.56 Å². The first-order chi connectivity index (χ1) is 11.9. The lowest BCUT2D eigenvalue weighted by molar-refractivity contribution is 0.601. The monoisotopic (exact) mass is 372 g/mol. The molecule has 2 atom stereocenters. The molecular weight excluding hydrogens is 352 g/mol. The highest BCUT2D eigenvalue weighted by molar-refractivity contribution is 7.91. The molecule has 25 heavy (non-hydrogen) atoms. The zero-order chi connectivity index (χ0) is 17.8. The van der Waals surface area contributed by atoms with Gasteiger partial charge in [-0.15, -0.1) is 0 Å². The van der Waals surface area contributed by atoms with Crippen molar-refractivity contribution in [2.75, 3.05) is 21.3 Å². The van der Waals surface area contributed by atoms with Crippen LogP contribution in [0.2, 0.25) is 0 Å². The van der Waals surface area contributed by atoms with Gasteiger partial charge in [-0.05, 0) is 49.8 Å². The number of hydrogen-bond donors (Lipinski definition) is 0. The van der Waals surface area contributed by atoms with Crippen LogP contribution >= 0.6 is 12.2 Å². The average molecular weight is 373 g/mol. The number of rotatable bonds is 2. The van der Waals surface area contributed by atoms with E-state index in [9.17, 15) is 8.42 Å². The minimum absolute atomic E-state index is 0.138. The van der Waals surface area contributed by atoms with E-state index in [4.69, 9.17) is 12.2 Å². The van der Waals surface area contributed by atoms with Gasteiger partial charge < -0.3 is 9.80 Å². The predicted molar refractivity (Wildman–Crippen MR) is 106 cm³/mol. The highest BCUT2D eigenvalue weighted by Crippen LogP contribution is 2.39. The largest absolute Gasteiger partial charge is 0.312 e. The van der Waals surface area contributed by atoms with Gasteiger partial charge in [0.15, 0.2) is 14.9 Å². The average Bonchev–Trinajstić information content (AvgIpc) is 2.98. The molecule has 0 amide bonds. The normalized spacial score (nSPS) is 24.6. The van der Waals surface area contributed by atoms with E-state index in [2.05, 4.69) is 26.0 Å². The summed E-state index contributed by atoms with van der Waals surface area (Å²) in [5, 5.41) is 0.683. The van der Waals surface area contributed by atoms with Gasteiger partial charge in [0.2, 0.25) is 0 Å². The third-order valence-electron chi connectivity index (χ3n) is 5.02. The molecule has 0 N–H and O–H groups in total. The van der Waals surface area contributed by atoms with Gasteiger partial charge in [-0.25, -0.2) is 8.42 Å². The quantitative estimate of drug-likeness (QED) is 0.758. The molecule has 130 valence electrons. The summed E-state index contributed by atoms with van der Waals surface area (Å²) in [6, 6.07) is 15.8. The Bertz CT molecular complexity index is 941. The van der Waals surface area contributed by atoms with Crippen molar-refractivity contribution in [3.8, 4) is 0 Å². The molecule has 2 fully saturated rings. The van der Waals surface area contributed by atoms with Crippen molar-refractivity contribution >= 4 is 38.5 Å². The highest BCUT2D eigenvalue weighted by atomic mass is 32.2. The third kappa shape index (κ3) is 2.73. The predicted octanol–water partition coefficient (Wildman–Crippen LogP) is 3.08. The summed E-state index contributed by atoms with van der Waals surface area (Å²) >= 11 is 5.80. The van der Waals surface area contributed by atoms with Crippen molar-refractivity contribution < 1.29 is 8.42 Å². The Kier molecular flexibility index (Phi) is 3.85. The third-order valence-corrected chi connectivity index (χ3v) is 7.11. The van der Waals surface area contributed by atoms with Crippen LogP contribution in [0, 0.1) is 13.8 Å². The maximum atomic E-state index is 12.3. The summed E-state index contributed by atoms with van der Waals surface area (Å²) in [6.45, 7) is 4.10. The number of hydrogen-bond acceptors (Lipinski definition) is 3. The maximum absolute atomic E-state index is 12.3. The smallest absolute Gasteiger partial charge is 0.181 e. The van der Waals surface area contributed by atoms with Crippen LogP contribution in [0.1, 0.15) is 11.1 Å². The first kappa shape index (κ1) is 16.5. The Morgan fingerprint density at radius 2 is 1.60 bits per heavy atom. The van der Waals surface area contributed by atoms with Gasteiger partial charge in [0.05, 0.1) is 23.6 Å². The van der Waals surface area contributed by atoms with E-state index in [1.54, 1.807) is 0 Å².